The lowest BCUT2D eigenvalue weighted by atomic mass is 9.97. The predicted octanol–water partition coefficient (Wildman–Crippen LogP) is 4.50. The fourth-order valence-electron chi connectivity index (χ4n) is 3.86. The molecule has 1 heterocycles. The summed E-state index contributed by atoms with van der Waals surface area (Å²) >= 11 is 0. The number of carbonyl (C=O) groups is 4. The van der Waals surface area contributed by atoms with Gasteiger partial charge in [-0.25, -0.2) is 0 Å². The van der Waals surface area contributed by atoms with Gasteiger partial charge in [0.05, 0.1) is 11.8 Å². The highest BCUT2D eigenvalue weighted by Crippen LogP contribution is 2.31. The zero-order valence-electron chi connectivity index (χ0n) is 24.2. The molecule has 0 radical (unpaired) electrons. The van der Waals surface area contributed by atoms with Crippen molar-refractivity contribution in [2.45, 2.75) is 131 Å². The Hall–Kier alpha value is -2.20. The fourth-order valence-corrected chi connectivity index (χ4v) is 3.86. The van der Waals surface area contributed by atoms with E-state index in [1.165, 1.54) is 20.3 Å². The van der Waals surface area contributed by atoms with Gasteiger partial charge in [-0.2, -0.15) is 0 Å². The van der Waals surface area contributed by atoms with Gasteiger partial charge in [-0.05, 0) is 19.3 Å². The second kappa shape index (κ2) is 18.2. The summed E-state index contributed by atoms with van der Waals surface area (Å²) in [6, 6.07) is 0. The quantitative estimate of drug-likeness (QED) is 0.147. The van der Waals surface area contributed by atoms with E-state index >= 15 is 0 Å². The Kier molecular flexibility index (Phi) is 16.2. The molecule has 0 aromatic rings. The Balaban J connectivity index is 3.28. The number of unbranched alkanes of at least 4 members (excludes halogenated alkanes) is 5. The minimum atomic E-state index is -1.22. The first kappa shape index (κ1) is 33.8. The maximum atomic E-state index is 12.9. The van der Waals surface area contributed by atoms with Gasteiger partial charge >= 0.3 is 23.9 Å². The fraction of sp³-hybridized carbons (Fsp3) is 0.857. The number of rotatable bonds is 17. The molecule has 1 aliphatic rings. The van der Waals surface area contributed by atoms with Crippen LogP contribution in [-0.4, -0.2) is 67.8 Å². The van der Waals surface area contributed by atoms with Gasteiger partial charge in [-0.1, -0.05) is 66.7 Å². The van der Waals surface area contributed by atoms with Crippen LogP contribution in [0, 0.1) is 11.8 Å². The van der Waals surface area contributed by atoms with E-state index in [1.54, 1.807) is 13.8 Å². The largest absolute Gasteiger partial charge is 0.463 e. The topological polar surface area (TPSA) is 124 Å². The first-order chi connectivity index (χ1) is 18.0. The van der Waals surface area contributed by atoms with Crippen LogP contribution < -0.4 is 0 Å². The van der Waals surface area contributed by atoms with Gasteiger partial charge in [0.2, 0.25) is 0 Å². The lowest BCUT2D eigenvalue weighted by molar-refractivity contribution is -0.309. The van der Waals surface area contributed by atoms with E-state index in [0.717, 1.165) is 32.1 Å². The molecule has 10 nitrogen and oxygen atoms in total. The van der Waals surface area contributed by atoms with E-state index in [-0.39, 0.29) is 6.61 Å². The molecule has 0 N–H and O–H groups in total. The molecule has 0 bridgehead atoms. The van der Waals surface area contributed by atoms with E-state index in [1.807, 2.05) is 13.8 Å². The molecule has 0 aromatic heterocycles. The van der Waals surface area contributed by atoms with E-state index in [9.17, 15) is 19.2 Å². The normalized spacial score (nSPS) is 24.7. The monoisotopic (exact) mass is 544 g/mol. The highest BCUT2D eigenvalue weighted by atomic mass is 16.7. The van der Waals surface area contributed by atoms with E-state index in [4.69, 9.17) is 28.4 Å². The minimum absolute atomic E-state index is 0.269. The highest BCUT2D eigenvalue weighted by molar-refractivity contribution is 5.73. The Labute approximate surface area is 227 Å². The minimum Gasteiger partial charge on any atom is -0.463 e. The molecular weight excluding hydrogens is 496 g/mol. The number of hydrogen-bond acceptors (Lipinski definition) is 10. The van der Waals surface area contributed by atoms with Crippen LogP contribution in [0.4, 0.5) is 0 Å². The highest BCUT2D eigenvalue weighted by Gasteiger charge is 2.53. The van der Waals surface area contributed by atoms with Crippen LogP contribution in [0.5, 0.6) is 0 Å². The molecule has 220 valence electrons. The molecule has 38 heavy (non-hydrogen) atoms. The van der Waals surface area contributed by atoms with Crippen molar-refractivity contribution < 1.29 is 47.6 Å². The average Bonchev–Trinajstić information content (AvgIpc) is 2.88. The molecular formula is C28H48O10. The number of ether oxygens (including phenoxy) is 6. The Morgan fingerprint density at radius 3 is 1.79 bits per heavy atom. The average molecular weight is 545 g/mol. The summed E-state index contributed by atoms with van der Waals surface area (Å²) < 4.78 is 34.4. The number of hydrogen-bond donors (Lipinski definition) is 0. The smallest absolute Gasteiger partial charge is 0.309 e. The van der Waals surface area contributed by atoms with Crippen molar-refractivity contribution in [2.75, 3.05) is 13.2 Å². The second-order valence-corrected chi connectivity index (χ2v) is 9.98. The predicted molar refractivity (Wildman–Crippen MR) is 139 cm³/mol. The lowest BCUT2D eigenvalue weighted by Crippen LogP contribution is -2.63. The summed E-state index contributed by atoms with van der Waals surface area (Å²) in [4.78, 5) is 49.4. The molecule has 7 atom stereocenters. The van der Waals surface area contributed by atoms with E-state index in [0.29, 0.717) is 19.4 Å². The van der Waals surface area contributed by atoms with Gasteiger partial charge in [-0.3, -0.25) is 19.2 Å². The third kappa shape index (κ3) is 11.7. The SMILES string of the molecule is CCCCCCCCO[C@@H]1O[C@H](COC(C)=O)[C@@H](OC(=O)[C@H](C)CC)[C@H](OC(=O)[C@@H](C)CC)[C@H]1OC(C)=O. The molecule has 1 fully saturated rings. The maximum absolute atomic E-state index is 12.9. The molecule has 0 unspecified atom stereocenters. The van der Waals surface area contributed by atoms with Crippen molar-refractivity contribution in [3.8, 4) is 0 Å². The molecule has 0 aliphatic carbocycles. The van der Waals surface area contributed by atoms with Crippen LogP contribution in [0.1, 0.15) is 99.8 Å². The Bertz CT molecular complexity index is 739. The number of esters is 4. The van der Waals surface area contributed by atoms with Crippen molar-refractivity contribution in [2.24, 2.45) is 11.8 Å². The van der Waals surface area contributed by atoms with Gasteiger partial charge in [0.1, 0.15) is 12.7 Å². The van der Waals surface area contributed by atoms with Gasteiger partial charge < -0.3 is 28.4 Å². The summed E-state index contributed by atoms with van der Waals surface area (Å²) in [6.07, 6.45) is 1.58. The van der Waals surface area contributed by atoms with Crippen LogP contribution in [0.2, 0.25) is 0 Å². The molecule has 1 aliphatic heterocycles. The Morgan fingerprint density at radius 1 is 0.711 bits per heavy atom. The van der Waals surface area contributed by atoms with E-state index < -0.39 is 66.4 Å². The van der Waals surface area contributed by atoms with Crippen LogP contribution in [0.15, 0.2) is 0 Å². The van der Waals surface area contributed by atoms with Crippen LogP contribution in [0.25, 0.3) is 0 Å². The molecule has 0 saturated carbocycles. The first-order valence-corrected chi connectivity index (χ1v) is 14.0. The van der Waals surface area contributed by atoms with Crippen molar-refractivity contribution in [1.82, 2.24) is 0 Å². The van der Waals surface area contributed by atoms with Crippen molar-refractivity contribution in [3.63, 3.8) is 0 Å². The van der Waals surface area contributed by atoms with Crippen molar-refractivity contribution in [1.29, 1.82) is 0 Å². The lowest BCUT2D eigenvalue weighted by Gasteiger charge is -2.44. The molecule has 10 heteroatoms. The molecule has 1 rings (SSSR count). The molecule has 0 amide bonds. The summed E-state index contributed by atoms with van der Waals surface area (Å²) in [6.45, 7) is 11.8. The van der Waals surface area contributed by atoms with Crippen molar-refractivity contribution in [3.05, 3.63) is 0 Å². The molecule has 0 spiro atoms. The third-order valence-corrected chi connectivity index (χ3v) is 6.66. The van der Waals surface area contributed by atoms with Crippen LogP contribution in [0.3, 0.4) is 0 Å². The summed E-state index contributed by atoms with van der Waals surface area (Å²) in [5.74, 6) is -3.16. The second-order valence-electron chi connectivity index (χ2n) is 9.98. The number of carbonyl (C=O) groups excluding carboxylic acids is 4. The van der Waals surface area contributed by atoms with Crippen LogP contribution >= 0.6 is 0 Å². The standard InChI is InChI=1S/C28H48O10/c1-8-11-12-13-14-15-16-33-28-25(35-21(7)30)24(38-27(32)19(5)10-3)23(37-26(31)18(4)9-2)22(36-28)17-34-20(6)29/h18-19,22-25,28H,8-17H2,1-7H3/t18-,19+,22-,23-,24+,25-,28-/m1/s1. The zero-order chi connectivity index (χ0) is 28.7. The zero-order valence-corrected chi connectivity index (χ0v) is 24.2. The van der Waals surface area contributed by atoms with Gasteiger partial charge in [-0.15, -0.1) is 0 Å². The van der Waals surface area contributed by atoms with E-state index in [2.05, 4.69) is 6.92 Å². The van der Waals surface area contributed by atoms with Gasteiger partial charge in [0, 0.05) is 20.5 Å². The van der Waals surface area contributed by atoms with Gasteiger partial charge in [0.25, 0.3) is 0 Å². The van der Waals surface area contributed by atoms with Gasteiger partial charge in [0.15, 0.2) is 24.6 Å². The molecule has 0 aromatic carbocycles. The molecule has 1 saturated heterocycles. The first-order valence-electron chi connectivity index (χ1n) is 14.0. The Morgan fingerprint density at radius 2 is 1.26 bits per heavy atom. The van der Waals surface area contributed by atoms with Crippen LogP contribution in [-0.2, 0) is 47.6 Å². The maximum Gasteiger partial charge on any atom is 0.309 e. The van der Waals surface area contributed by atoms with Crippen molar-refractivity contribution >= 4 is 23.9 Å². The third-order valence-electron chi connectivity index (χ3n) is 6.66. The summed E-state index contributed by atoms with van der Waals surface area (Å²) in [5, 5.41) is 0. The summed E-state index contributed by atoms with van der Waals surface area (Å²) in [7, 11) is 0. The summed E-state index contributed by atoms with van der Waals surface area (Å²) in [5.41, 5.74) is 0.